The van der Waals surface area contributed by atoms with Crippen LogP contribution in [0.15, 0.2) is 39.4 Å². The number of piperazine rings is 1. The first kappa shape index (κ1) is 22.3. The summed E-state index contributed by atoms with van der Waals surface area (Å²) < 4.78 is 5.74. The van der Waals surface area contributed by atoms with E-state index in [0.717, 1.165) is 36.1 Å². The molecule has 3 heterocycles. The van der Waals surface area contributed by atoms with Gasteiger partial charge in [-0.3, -0.25) is 14.4 Å². The number of anilines is 3. The van der Waals surface area contributed by atoms with Gasteiger partial charge in [0.25, 0.3) is 11.8 Å². The van der Waals surface area contributed by atoms with E-state index in [0.29, 0.717) is 37.4 Å². The maximum Gasteiger partial charge on any atom is 0.290 e. The largest absolute Gasteiger partial charge is 0.448 e. The van der Waals surface area contributed by atoms with Crippen LogP contribution in [0, 0.1) is 5.92 Å². The number of nitrogen functional groups attached to an aromatic ring is 1. The summed E-state index contributed by atoms with van der Waals surface area (Å²) >= 11 is 3.47. The number of hydrogen-bond acceptors (Lipinski definition) is 7. The van der Waals surface area contributed by atoms with E-state index in [9.17, 15) is 14.4 Å². The van der Waals surface area contributed by atoms with Crippen LogP contribution in [-0.2, 0) is 9.59 Å². The number of hydrogen-bond donors (Lipinski definition) is 3. The average Bonchev–Trinajstić information content (AvgIpc) is 3.26. The van der Waals surface area contributed by atoms with Gasteiger partial charge in [-0.25, -0.2) is 0 Å². The van der Waals surface area contributed by atoms with Crippen molar-refractivity contribution in [2.45, 2.75) is 12.8 Å². The molecule has 2 aromatic rings. The number of nitrogens with two attached hydrogens (primary N) is 1. The lowest BCUT2D eigenvalue weighted by atomic mass is 9.92. The lowest BCUT2D eigenvalue weighted by molar-refractivity contribution is -0.147. The van der Waals surface area contributed by atoms with Gasteiger partial charge in [0, 0.05) is 48.3 Å². The lowest BCUT2D eigenvalue weighted by Crippen LogP contribution is -2.52. The lowest BCUT2D eigenvalue weighted by Gasteiger charge is -2.36. The van der Waals surface area contributed by atoms with Crippen LogP contribution >= 0.6 is 15.9 Å². The van der Waals surface area contributed by atoms with Crippen molar-refractivity contribution in [3.8, 4) is 0 Å². The molecule has 4 N–H and O–H groups in total. The molecule has 0 atom stereocenters. The minimum atomic E-state index is -0.361. The quantitative estimate of drug-likeness (QED) is 0.534. The molecule has 32 heavy (non-hydrogen) atoms. The molecule has 1 aromatic carbocycles. The molecule has 4 rings (SSSR count). The van der Waals surface area contributed by atoms with Gasteiger partial charge < -0.3 is 30.6 Å². The van der Waals surface area contributed by atoms with Crippen LogP contribution in [0.4, 0.5) is 17.3 Å². The number of piperidine rings is 1. The number of halogens is 1. The number of ketones is 1. The highest BCUT2D eigenvalue weighted by atomic mass is 79.9. The van der Waals surface area contributed by atoms with Crippen molar-refractivity contribution in [1.82, 2.24) is 10.2 Å². The van der Waals surface area contributed by atoms with Gasteiger partial charge in [0.2, 0.25) is 5.78 Å². The SMILES string of the molecule is Nc1cc(C(=O)Nc2cc(N3CCN(C(=O)C(=O)C4CCNCC4)CC3)ccc2Br)co1. The van der Waals surface area contributed by atoms with Crippen LogP contribution in [-0.4, -0.2) is 61.8 Å². The minimum absolute atomic E-state index is 0.162. The van der Waals surface area contributed by atoms with Crippen molar-refractivity contribution in [2.75, 3.05) is 55.2 Å². The Hall–Kier alpha value is -2.85. The summed E-state index contributed by atoms with van der Waals surface area (Å²) in [6.07, 6.45) is 2.76. The van der Waals surface area contributed by atoms with Crippen molar-refractivity contribution >= 4 is 50.8 Å². The third kappa shape index (κ3) is 4.97. The van der Waals surface area contributed by atoms with Gasteiger partial charge in [0.1, 0.15) is 6.26 Å². The van der Waals surface area contributed by atoms with E-state index in [1.807, 2.05) is 18.2 Å². The molecule has 2 amide bonds. The first-order valence-electron chi connectivity index (χ1n) is 10.7. The molecule has 0 saturated carbocycles. The van der Waals surface area contributed by atoms with Crippen molar-refractivity contribution in [1.29, 1.82) is 0 Å². The van der Waals surface area contributed by atoms with Crippen LogP contribution in [0.1, 0.15) is 23.2 Å². The fourth-order valence-electron chi connectivity index (χ4n) is 4.05. The third-order valence-electron chi connectivity index (χ3n) is 5.93. The zero-order valence-corrected chi connectivity index (χ0v) is 19.2. The molecule has 0 aliphatic carbocycles. The van der Waals surface area contributed by atoms with Crippen LogP contribution in [0.25, 0.3) is 0 Å². The Balaban J connectivity index is 1.37. The number of nitrogens with zero attached hydrogens (tertiary/aromatic N) is 2. The first-order chi connectivity index (χ1) is 15.4. The molecule has 2 aliphatic rings. The molecule has 10 heteroatoms. The number of carbonyl (C=O) groups excluding carboxylic acids is 3. The molecule has 0 bridgehead atoms. The Bertz CT molecular complexity index is 1010. The second kappa shape index (κ2) is 9.74. The molecule has 1 aromatic heterocycles. The van der Waals surface area contributed by atoms with E-state index in [2.05, 4.69) is 31.5 Å². The van der Waals surface area contributed by atoms with Gasteiger partial charge in [-0.15, -0.1) is 0 Å². The molecular weight excluding hydrogens is 478 g/mol. The van der Waals surface area contributed by atoms with Crippen molar-refractivity contribution in [2.24, 2.45) is 5.92 Å². The summed E-state index contributed by atoms with van der Waals surface area (Å²) in [6.45, 7) is 3.77. The van der Waals surface area contributed by atoms with E-state index < -0.39 is 0 Å². The summed E-state index contributed by atoms with van der Waals surface area (Å²) in [5.41, 5.74) is 7.42. The topological polar surface area (TPSA) is 121 Å². The van der Waals surface area contributed by atoms with Crippen LogP contribution in [0.2, 0.25) is 0 Å². The summed E-state index contributed by atoms with van der Waals surface area (Å²) in [4.78, 5) is 41.5. The fraction of sp³-hybridized carbons (Fsp3) is 0.409. The van der Waals surface area contributed by atoms with E-state index in [1.54, 1.807) is 4.90 Å². The zero-order chi connectivity index (χ0) is 22.7. The number of carbonyl (C=O) groups is 3. The molecule has 0 spiro atoms. The van der Waals surface area contributed by atoms with E-state index in [-0.39, 0.29) is 29.4 Å². The highest BCUT2D eigenvalue weighted by Crippen LogP contribution is 2.29. The third-order valence-corrected chi connectivity index (χ3v) is 6.62. The van der Waals surface area contributed by atoms with Gasteiger partial charge >= 0.3 is 0 Å². The molecular formula is C22H26BrN5O4. The normalized spacial score (nSPS) is 17.3. The number of Topliss-reactive ketones (excluding diaryl/α,β-unsaturated/α-hetero) is 1. The Kier molecular flexibility index (Phi) is 6.80. The minimum Gasteiger partial charge on any atom is -0.448 e. The Morgan fingerprint density at radius 2 is 1.81 bits per heavy atom. The Labute approximate surface area is 194 Å². The van der Waals surface area contributed by atoms with Crippen LogP contribution < -0.4 is 21.3 Å². The summed E-state index contributed by atoms with van der Waals surface area (Å²) in [5.74, 6) is -0.928. The number of amides is 2. The van der Waals surface area contributed by atoms with Gasteiger partial charge in [-0.05, 0) is 60.1 Å². The van der Waals surface area contributed by atoms with E-state index >= 15 is 0 Å². The van der Waals surface area contributed by atoms with Gasteiger partial charge in [0.15, 0.2) is 5.88 Å². The average molecular weight is 504 g/mol. The Morgan fingerprint density at radius 3 is 2.47 bits per heavy atom. The standard InChI is InChI=1S/C22H26BrN5O4/c23-17-2-1-16(12-18(17)26-21(30)15-11-19(24)32-13-15)27-7-9-28(10-8-27)22(31)20(29)14-3-5-25-6-4-14/h1-2,11-14,25H,3-10,24H2,(H,26,30). The van der Waals surface area contributed by atoms with Gasteiger partial charge in [-0.1, -0.05) is 0 Å². The highest BCUT2D eigenvalue weighted by Gasteiger charge is 2.32. The van der Waals surface area contributed by atoms with Crippen molar-refractivity contribution in [3.63, 3.8) is 0 Å². The smallest absolute Gasteiger partial charge is 0.290 e. The number of benzene rings is 1. The molecule has 2 saturated heterocycles. The summed E-state index contributed by atoms with van der Waals surface area (Å²) in [7, 11) is 0. The van der Waals surface area contributed by atoms with Gasteiger partial charge in [0.05, 0.1) is 11.3 Å². The molecule has 2 aliphatic heterocycles. The van der Waals surface area contributed by atoms with E-state index in [4.69, 9.17) is 10.2 Å². The predicted molar refractivity (Wildman–Crippen MR) is 125 cm³/mol. The highest BCUT2D eigenvalue weighted by molar-refractivity contribution is 9.10. The maximum atomic E-state index is 12.7. The number of nitrogens with one attached hydrogen (secondary N) is 2. The monoisotopic (exact) mass is 503 g/mol. The molecule has 0 radical (unpaired) electrons. The zero-order valence-electron chi connectivity index (χ0n) is 17.6. The molecule has 2 fully saturated rings. The second-order valence-corrected chi connectivity index (χ2v) is 8.88. The van der Waals surface area contributed by atoms with Crippen LogP contribution in [0.3, 0.4) is 0 Å². The predicted octanol–water partition coefficient (Wildman–Crippen LogP) is 2.09. The first-order valence-corrected chi connectivity index (χ1v) is 11.5. The molecule has 9 nitrogen and oxygen atoms in total. The number of furan rings is 1. The van der Waals surface area contributed by atoms with Gasteiger partial charge in [-0.2, -0.15) is 0 Å². The Morgan fingerprint density at radius 1 is 1.09 bits per heavy atom. The van der Waals surface area contributed by atoms with Crippen LogP contribution in [0.5, 0.6) is 0 Å². The van der Waals surface area contributed by atoms with Crippen molar-refractivity contribution in [3.05, 3.63) is 40.6 Å². The molecule has 0 unspecified atom stereocenters. The van der Waals surface area contributed by atoms with Crippen molar-refractivity contribution < 1.29 is 18.8 Å². The maximum absolute atomic E-state index is 12.7. The number of rotatable bonds is 5. The molecule has 170 valence electrons. The summed E-state index contributed by atoms with van der Waals surface area (Å²) in [5, 5.41) is 6.07. The fourth-order valence-corrected chi connectivity index (χ4v) is 4.40. The summed E-state index contributed by atoms with van der Waals surface area (Å²) in [6, 6.07) is 7.16. The van der Waals surface area contributed by atoms with E-state index in [1.165, 1.54) is 12.3 Å². The second-order valence-electron chi connectivity index (χ2n) is 8.02.